The molecule has 242 valence electrons. The van der Waals surface area contributed by atoms with Crippen LogP contribution in [0.4, 0.5) is 16.3 Å². The topological polar surface area (TPSA) is 101 Å². The summed E-state index contributed by atoms with van der Waals surface area (Å²) in [6.45, 7) is 10.2. The van der Waals surface area contributed by atoms with Crippen molar-refractivity contribution in [1.82, 2.24) is 20.1 Å². The second-order valence-electron chi connectivity index (χ2n) is 13.3. The zero-order valence-corrected chi connectivity index (χ0v) is 28.2. The Kier molecular flexibility index (Phi) is 9.66. The lowest BCUT2D eigenvalue weighted by atomic mass is 9.77. The van der Waals surface area contributed by atoms with Gasteiger partial charge in [-0.25, -0.2) is 9.48 Å². The zero-order valence-electron chi connectivity index (χ0n) is 27.4. The first-order valence-corrected chi connectivity index (χ1v) is 17.1. The zero-order chi connectivity index (χ0) is 33.0. The van der Waals surface area contributed by atoms with E-state index in [9.17, 15) is 9.59 Å². The minimum Gasteiger partial charge on any atom is -0.317 e. The number of hydrogen-bond acceptors (Lipinski definition) is 6. The summed E-state index contributed by atoms with van der Waals surface area (Å²) in [6.07, 6.45) is 4.18. The highest BCUT2D eigenvalue weighted by Crippen LogP contribution is 2.37. The summed E-state index contributed by atoms with van der Waals surface area (Å²) < 4.78 is 1.78. The van der Waals surface area contributed by atoms with Gasteiger partial charge in [0, 0.05) is 29.8 Å². The van der Waals surface area contributed by atoms with Crippen molar-refractivity contribution >= 4 is 34.7 Å². The van der Waals surface area contributed by atoms with Gasteiger partial charge in [-0.1, -0.05) is 56.7 Å². The van der Waals surface area contributed by atoms with Crippen molar-refractivity contribution < 1.29 is 9.59 Å². The van der Waals surface area contributed by atoms with E-state index in [2.05, 4.69) is 47.8 Å². The van der Waals surface area contributed by atoms with Gasteiger partial charge in [-0.05, 0) is 98.8 Å². The van der Waals surface area contributed by atoms with E-state index in [4.69, 9.17) is 5.10 Å². The number of thiophene rings is 1. The number of benzene rings is 2. The molecule has 1 fully saturated rings. The summed E-state index contributed by atoms with van der Waals surface area (Å²) >= 11 is 1.50. The van der Waals surface area contributed by atoms with Crippen LogP contribution in [0, 0.1) is 12.8 Å². The third-order valence-corrected chi connectivity index (χ3v) is 9.88. The summed E-state index contributed by atoms with van der Waals surface area (Å²) in [5.74, 6) is 1.12. The van der Waals surface area contributed by atoms with Crippen LogP contribution in [0.3, 0.4) is 0 Å². The molecule has 0 radical (unpaired) electrons. The van der Waals surface area contributed by atoms with E-state index in [0.717, 1.165) is 63.9 Å². The van der Waals surface area contributed by atoms with Crippen LogP contribution in [0.5, 0.6) is 0 Å². The third kappa shape index (κ3) is 7.86. The van der Waals surface area contributed by atoms with Crippen molar-refractivity contribution in [3.8, 4) is 16.3 Å². The summed E-state index contributed by atoms with van der Waals surface area (Å²) in [5.41, 5.74) is 5.32. The van der Waals surface area contributed by atoms with E-state index < -0.39 is 0 Å². The highest BCUT2D eigenvalue weighted by atomic mass is 32.1. The molecule has 8 nitrogen and oxygen atoms in total. The highest BCUT2D eigenvalue weighted by molar-refractivity contribution is 7.17. The maximum absolute atomic E-state index is 13.7. The standard InChI is InChI=1S/C38H42N6O2S/c1-25-11-13-29(14-12-25)44-36(24-35(43-44)38(2,3)4)42-37(46)41-28-9-7-8-27(22-28)30(26-17-20-39-21-18-26)23-32(45)34-16-15-33(47-34)31-10-5-6-19-40-31/h5-16,19,22,24,26,30,39H,17-18,20-21,23H2,1-4H3,(H2,41,42,46). The summed E-state index contributed by atoms with van der Waals surface area (Å²) in [4.78, 5) is 33.3. The molecule has 0 spiro atoms. The van der Waals surface area contributed by atoms with Crippen LogP contribution in [0.15, 0.2) is 91.1 Å². The molecule has 9 heteroatoms. The predicted molar refractivity (Wildman–Crippen MR) is 191 cm³/mol. The number of amides is 2. The number of anilines is 2. The molecule has 0 aliphatic carbocycles. The number of hydrogen-bond donors (Lipinski definition) is 3. The number of rotatable bonds is 9. The number of nitrogens with zero attached hydrogens (tertiary/aromatic N) is 3. The average Bonchev–Trinajstić information content (AvgIpc) is 3.73. The van der Waals surface area contributed by atoms with E-state index in [1.54, 1.807) is 10.9 Å². The van der Waals surface area contributed by atoms with Gasteiger partial charge in [-0.2, -0.15) is 5.10 Å². The maximum atomic E-state index is 13.7. The van der Waals surface area contributed by atoms with E-state index >= 15 is 0 Å². The number of carbonyl (C=O) groups is 2. The van der Waals surface area contributed by atoms with E-state index in [0.29, 0.717) is 23.8 Å². The smallest absolute Gasteiger partial charge is 0.317 e. The molecule has 0 saturated carbocycles. The van der Waals surface area contributed by atoms with Crippen LogP contribution in [0.2, 0.25) is 0 Å². The number of carbonyl (C=O) groups excluding carboxylic acids is 2. The maximum Gasteiger partial charge on any atom is 0.324 e. The van der Waals surface area contributed by atoms with Gasteiger partial charge in [0.05, 0.1) is 26.8 Å². The molecule has 3 N–H and O–H groups in total. The number of aromatic nitrogens is 3. The molecule has 4 heterocycles. The molecule has 6 rings (SSSR count). The first-order valence-electron chi connectivity index (χ1n) is 16.2. The number of pyridine rings is 1. The van der Waals surface area contributed by atoms with E-state index in [1.807, 2.05) is 85.8 Å². The lowest BCUT2D eigenvalue weighted by molar-refractivity contribution is 0.0963. The number of Topliss-reactive ketones (excluding diaryl/α,β-unsaturated/α-hetero) is 1. The van der Waals surface area contributed by atoms with Crippen LogP contribution >= 0.6 is 11.3 Å². The van der Waals surface area contributed by atoms with Crippen molar-refractivity contribution in [2.24, 2.45) is 5.92 Å². The van der Waals surface area contributed by atoms with Gasteiger partial charge in [0.15, 0.2) is 5.78 Å². The molecule has 1 aliphatic heterocycles. The van der Waals surface area contributed by atoms with E-state index in [1.165, 1.54) is 11.3 Å². The molecule has 1 unspecified atom stereocenters. The first-order chi connectivity index (χ1) is 22.6. The lowest BCUT2D eigenvalue weighted by Gasteiger charge is -2.31. The second-order valence-corrected chi connectivity index (χ2v) is 14.4. The number of piperidine rings is 1. The van der Waals surface area contributed by atoms with Gasteiger partial charge in [0.1, 0.15) is 5.82 Å². The Labute approximate surface area is 280 Å². The van der Waals surface area contributed by atoms with Gasteiger partial charge >= 0.3 is 6.03 Å². The SMILES string of the molecule is Cc1ccc(-n2nc(C(C)(C)C)cc2NC(=O)Nc2cccc(C(CC(=O)c3ccc(-c4ccccn4)s3)C3CCNCC3)c2)cc1. The number of aryl methyl sites for hydroxylation is 1. The number of ketones is 1. The summed E-state index contributed by atoms with van der Waals surface area (Å²) in [6, 6.07) is 27.3. The molecule has 47 heavy (non-hydrogen) atoms. The van der Waals surface area contributed by atoms with Crippen LogP contribution in [0.25, 0.3) is 16.3 Å². The Morgan fingerprint density at radius 2 is 1.74 bits per heavy atom. The Hall–Kier alpha value is -4.60. The van der Waals surface area contributed by atoms with Gasteiger partial charge in [0.25, 0.3) is 0 Å². The molecule has 5 aromatic rings. The molecular formula is C38H42N6O2S. The molecular weight excluding hydrogens is 605 g/mol. The summed E-state index contributed by atoms with van der Waals surface area (Å²) in [7, 11) is 0. The predicted octanol–water partition coefficient (Wildman–Crippen LogP) is 8.60. The average molecular weight is 647 g/mol. The molecule has 1 atom stereocenters. The number of nitrogens with one attached hydrogen (secondary N) is 3. The van der Waals surface area contributed by atoms with Crippen molar-refractivity contribution in [3.05, 3.63) is 113 Å². The highest BCUT2D eigenvalue weighted by Gasteiger charge is 2.29. The van der Waals surface area contributed by atoms with Gasteiger partial charge in [0.2, 0.25) is 0 Å². The summed E-state index contributed by atoms with van der Waals surface area (Å²) in [5, 5.41) is 14.4. The largest absolute Gasteiger partial charge is 0.324 e. The quantitative estimate of drug-likeness (QED) is 0.139. The van der Waals surface area contributed by atoms with Gasteiger partial charge in [-0.3, -0.25) is 15.1 Å². The molecule has 3 aromatic heterocycles. The second kappa shape index (κ2) is 14.0. The molecule has 2 amide bonds. The van der Waals surface area contributed by atoms with Crippen LogP contribution in [0.1, 0.15) is 72.4 Å². The van der Waals surface area contributed by atoms with Crippen molar-refractivity contribution in [2.45, 2.75) is 58.3 Å². The third-order valence-electron chi connectivity index (χ3n) is 8.73. The number of urea groups is 1. The fourth-order valence-electron chi connectivity index (χ4n) is 6.08. The molecule has 0 bridgehead atoms. The Bertz CT molecular complexity index is 1830. The van der Waals surface area contributed by atoms with Crippen LogP contribution < -0.4 is 16.0 Å². The molecule has 1 aliphatic rings. The van der Waals surface area contributed by atoms with Crippen LogP contribution in [-0.4, -0.2) is 39.7 Å². The van der Waals surface area contributed by atoms with Crippen LogP contribution in [-0.2, 0) is 5.41 Å². The lowest BCUT2D eigenvalue weighted by Crippen LogP contribution is -2.31. The normalized spacial score (nSPS) is 14.5. The molecule has 1 saturated heterocycles. The van der Waals surface area contributed by atoms with Gasteiger partial charge < -0.3 is 10.6 Å². The minimum atomic E-state index is -0.356. The minimum absolute atomic E-state index is 0.0344. The van der Waals surface area contributed by atoms with E-state index in [-0.39, 0.29) is 23.1 Å². The Morgan fingerprint density at radius 1 is 0.957 bits per heavy atom. The fourth-order valence-corrected chi connectivity index (χ4v) is 7.01. The Morgan fingerprint density at radius 3 is 2.47 bits per heavy atom. The molecule has 2 aromatic carbocycles. The monoisotopic (exact) mass is 646 g/mol. The van der Waals surface area contributed by atoms with Gasteiger partial charge in [-0.15, -0.1) is 11.3 Å². The van der Waals surface area contributed by atoms with Crippen molar-refractivity contribution in [2.75, 3.05) is 23.7 Å². The van der Waals surface area contributed by atoms with Crippen molar-refractivity contribution in [3.63, 3.8) is 0 Å². The Balaban J connectivity index is 1.21. The fraction of sp³-hybridized carbons (Fsp3) is 0.316. The first kappa shape index (κ1) is 32.3. The van der Waals surface area contributed by atoms with Crippen molar-refractivity contribution in [1.29, 1.82) is 0 Å².